The lowest BCUT2D eigenvalue weighted by molar-refractivity contribution is -0.121. The summed E-state index contributed by atoms with van der Waals surface area (Å²) in [6, 6.07) is 7.65. The molecule has 0 saturated heterocycles. The van der Waals surface area contributed by atoms with E-state index in [2.05, 4.69) is 0 Å². The molecule has 0 unspecified atom stereocenters. The molecule has 1 rings (SSSR count). The Labute approximate surface area is 138 Å². The van der Waals surface area contributed by atoms with Crippen LogP contribution < -0.4 is 4.74 Å². The minimum Gasteiger partial charge on any atom is -0.496 e. The summed E-state index contributed by atoms with van der Waals surface area (Å²) in [5.41, 5.74) is 0.961. The summed E-state index contributed by atoms with van der Waals surface area (Å²) in [5.74, 6) is 0.261. The third-order valence-electron chi connectivity index (χ3n) is 3.60. The van der Waals surface area contributed by atoms with Gasteiger partial charge in [0.2, 0.25) is 0 Å². The summed E-state index contributed by atoms with van der Waals surface area (Å²) in [4.78, 5) is 11.9. The van der Waals surface area contributed by atoms with Crippen molar-refractivity contribution in [2.75, 3.05) is 13.7 Å². The Morgan fingerprint density at radius 3 is 2.74 bits per heavy atom. The molecule has 4 nitrogen and oxygen atoms in total. The molecule has 23 heavy (non-hydrogen) atoms. The number of carbonyl (C=O) groups excluding carboxylic acids is 1. The van der Waals surface area contributed by atoms with Crippen LogP contribution in [0.4, 0.5) is 0 Å². The zero-order valence-electron chi connectivity index (χ0n) is 14.1. The van der Waals surface area contributed by atoms with E-state index in [1.165, 1.54) is 6.08 Å². The molecule has 2 atom stereocenters. The van der Waals surface area contributed by atoms with Gasteiger partial charge in [-0.2, -0.15) is 0 Å². The van der Waals surface area contributed by atoms with Gasteiger partial charge in [-0.25, -0.2) is 0 Å². The van der Waals surface area contributed by atoms with Gasteiger partial charge in [0.15, 0.2) is 5.78 Å². The number of allylic oxidation sites excluding steroid dienone is 4. The monoisotopic (exact) mass is 318 g/mol. The van der Waals surface area contributed by atoms with Gasteiger partial charge in [-0.1, -0.05) is 43.4 Å². The zero-order valence-corrected chi connectivity index (χ0v) is 14.1. The second-order valence-corrected chi connectivity index (χ2v) is 5.30. The Kier molecular flexibility index (Phi) is 8.95. The van der Waals surface area contributed by atoms with E-state index in [9.17, 15) is 9.90 Å². The highest BCUT2D eigenvalue weighted by Crippen LogP contribution is 2.18. The molecule has 0 spiro atoms. The van der Waals surface area contributed by atoms with Gasteiger partial charge < -0.3 is 14.6 Å². The van der Waals surface area contributed by atoms with Crippen molar-refractivity contribution in [3.63, 3.8) is 0 Å². The molecule has 0 amide bonds. The van der Waals surface area contributed by atoms with E-state index in [1.807, 2.05) is 37.3 Å². The number of methoxy groups -OCH3 is 1. The average Bonchev–Trinajstić information content (AvgIpc) is 2.58. The predicted molar refractivity (Wildman–Crippen MR) is 91.4 cm³/mol. The first-order valence-corrected chi connectivity index (χ1v) is 7.81. The van der Waals surface area contributed by atoms with Crippen LogP contribution in [0.5, 0.6) is 5.75 Å². The van der Waals surface area contributed by atoms with Crippen LogP contribution in [0.3, 0.4) is 0 Å². The maximum absolute atomic E-state index is 11.9. The van der Waals surface area contributed by atoms with Gasteiger partial charge in [-0.3, -0.25) is 4.79 Å². The smallest absolute Gasteiger partial charge is 0.161 e. The molecule has 0 bridgehead atoms. The number of aliphatic hydroxyl groups excluding tert-OH is 1. The Morgan fingerprint density at radius 1 is 1.30 bits per heavy atom. The van der Waals surface area contributed by atoms with Crippen LogP contribution in [0.15, 0.2) is 48.6 Å². The molecule has 0 aromatic heterocycles. The SMILES string of the molecule is C/C=C/C=C/C(=O)[C@H](C)[C@H](O)CCOCc1ccccc1OC. The Bertz CT molecular complexity index is 534. The lowest BCUT2D eigenvalue weighted by Gasteiger charge is -2.16. The Hall–Kier alpha value is -1.91. The molecule has 0 aliphatic rings. The van der Waals surface area contributed by atoms with E-state index in [0.29, 0.717) is 19.6 Å². The second kappa shape index (κ2) is 10.8. The number of rotatable bonds is 10. The summed E-state index contributed by atoms with van der Waals surface area (Å²) < 4.78 is 10.8. The fourth-order valence-corrected chi connectivity index (χ4v) is 2.06. The standard InChI is InChI=1S/C19H26O4/c1-4-5-6-10-17(20)15(2)18(21)12-13-23-14-16-9-7-8-11-19(16)22-3/h4-11,15,18,21H,12-14H2,1-3H3/b5-4+,10-6+/t15-,18+/m0/s1. The summed E-state index contributed by atoms with van der Waals surface area (Å²) in [7, 11) is 1.62. The Balaban J connectivity index is 2.35. The van der Waals surface area contributed by atoms with Crippen molar-refractivity contribution < 1.29 is 19.4 Å². The van der Waals surface area contributed by atoms with Gasteiger partial charge in [0.05, 0.1) is 19.8 Å². The van der Waals surface area contributed by atoms with Crippen molar-refractivity contribution in [3.8, 4) is 5.75 Å². The zero-order chi connectivity index (χ0) is 17.1. The highest BCUT2D eigenvalue weighted by molar-refractivity contribution is 5.92. The molecule has 1 aromatic carbocycles. The third-order valence-corrected chi connectivity index (χ3v) is 3.60. The first-order chi connectivity index (χ1) is 11.1. The normalized spacial score (nSPS) is 14.3. The van der Waals surface area contributed by atoms with Crippen molar-refractivity contribution in [2.45, 2.75) is 33.0 Å². The molecule has 0 saturated carbocycles. The van der Waals surface area contributed by atoms with E-state index in [4.69, 9.17) is 9.47 Å². The molecule has 0 heterocycles. The van der Waals surface area contributed by atoms with Gasteiger partial charge in [-0.05, 0) is 25.5 Å². The third kappa shape index (κ3) is 6.80. The molecular weight excluding hydrogens is 292 g/mol. The Morgan fingerprint density at radius 2 is 2.04 bits per heavy atom. The molecule has 126 valence electrons. The van der Waals surface area contributed by atoms with E-state index in [-0.39, 0.29) is 5.78 Å². The van der Waals surface area contributed by atoms with Crippen molar-refractivity contribution in [1.29, 1.82) is 0 Å². The molecule has 0 aliphatic heterocycles. The number of ketones is 1. The minimum atomic E-state index is -0.713. The quantitative estimate of drug-likeness (QED) is 0.408. The highest BCUT2D eigenvalue weighted by Gasteiger charge is 2.19. The van der Waals surface area contributed by atoms with E-state index >= 15 is 0 Å². The van der Waals surface area contributed by atoms with Gasteiger partial charge in [0, 0.05) is 18.1 Å². The summed E-state index contributed by atoms with van der Waals surface area (Å²) in [6.45, 7) is 4.41. The number of hydrogen-bond acceptors (Lipinski definition) is 4. The van der Waals surface area contributed by atoms with Crippen molar-refractivity contribution >= 4 is 5.78 Å². The molecule has 1 aromatic rings. The van der Waals surface area contributed by atoms with E-state index in [0.717, 1.165) is 11.3 Å². The molecule has 4 heteroatoms. The fourth-order valence-electron chi connectivity index (χ4n) is 2.06. The molecular formula is C19H26O4. The van der Waals surface area contributed by atoms with Crippen LogP contribution in [0.2, 0.25) is 0 Å². The predicted octanol–water partition coefficient (Wildman–Crippen LogP) is 3.30. The number of carbonyl (C=O) groups is 1. The lowest BCUT2D eigenvalue weighted by atomic mass is 9.97. The van der Waals surface area contributed by atoms with Gasteiger partial charge >= 0.3 is 0 Å². The van der Waals surface area contributed by atoms with Crippen molar-refractivity contribution in [2.24, 2.45) is 5.92 Å². The fraction of sp³-hybridized carbons (Fsp3) is 0.421. The summed E-state index contributed by atoms with van der Waals surface area (Å²) in [6.07, 6.45) is 6.51. The number of benzene rings is 1. The van der Waals surface area contributed by atoms with Gasteiger partial charge in [0.25, 0.3) is 0 Å². The largest absolute Gasteiger partial charge is 0.496 e. The van der Waals surface area contributed by atoms with Crippen molar-refractivity contribution in [3.05, 3.63) is 54.1 Å². The lowest BCUT2D eigenvalue weighted by Crippen LogP contribution is -2.25. The van der Waals surface area contributed by atoms with Gasteiger partial charge in [-0.15, -0.1) is 0 Å². The number of aliphatic hydroxyl groups is 1. The first-order valence-electron chi connectivity index (χ1n) is 7.81. The maximum Gasteiger partial charge on any atom is 0.161 e. The number of hydrogen-bond donors (Lipinski definition) is 1. The topological polar surface area (TPSA) is 55.8 Å². The number of ether oxygens (including phenoxy) is 2. The minimum absolute atomic E-state index is 0.0830. The van der Waals surface area contributed by atoms with Crippen LogP contribution in [-0.4, -0.2) is 30.7 Å². The van der Waals surface area contributed by atoms with Crippen LogP contribution in [0, 0.1) is 5.92 Å². The van der Waals surface area contributed by atoms with Crippen LogP contribution >= 0.6 is 0 Å². The molecule has 0 fully saturated rings. The van der Waals surface area contributed by atoms with Crippen LogP contribution in [0.1, 0.15) is 25.8 Å². The van der Waals surface area contributed by atoms with Crippen molar-refractivity contribution in [1.82, 2.24) is 0 Å². The first kappa shape index (κ1) is 19.1. The van der Waals surface area contributed by atoms with Gasteiger partial charge in [0.1, 0.15) is 5.75 Å². The van der Waals surface area contributed by atoms with Crippen LogP contribution in [0.25, 0.3) is 0 Å². The van der Waals surface area contributed by atoms with E-state index < -0.39 is 12.0 Å². The van der Waals surface area contributed by atoms with Crippen LogP contribution in [-0.2, 0) is 16.1 Å². The average molecular weight is 318 g/mol. The number of para-hydroxylation sites is 1. The highest BCUT2D eigenvalue weighted by atomic mass is 16.5. The van der Waals surface area contributed by atoms with E-state index in [1.54, 1.807) is 26.2 Å². The molecule has 0 radical (unpaired) electrons. The molecule has 1 N–H and O–H groups in total. The molecule has 0 aliphatic carbocycles. The summed E-state index contributed by atoms with van der Waals surface area (Å²) >= 11 is 0. The maximum atomic E-state index is 11.9. The second-order valence-electron chi connectivity index (χ2n) is 5.30. The summed E-state index contributed by atoms with van der Waals surface area (Å²) in [5, 5.41) is 10.1.